The molecule has 0 saturated heterocycles. The first-order valence-electron chi connectivity index (χ1n) is 7.96. The van der Waals surface area contributed by atoms with Crippen molar-refractivity contribution in [3.05, 3.63) is 0 Å². The van der Waals surface area contributed by atoms with Crippen LogP contribution in [0.25, 0.3) is 0 Å². The quantitative estimate of drug-likeness (QED) is 0.776. The van der Waals surface area contributed by atoms with Crippen LogP contribution in [-0.2, 0) is 4.79 Å². The topological polar surface area (TPSA) is 41.1 Å². The van der Waals surface area contributed by atoms with Crippen molar-refractivity contribution in [2.75, 3.05) is 0 Å². The molecule has 0 aromatic carbocycles. The van der Waals surface area contributed by atoms with Crippen LogP contribution >= 0.6 is 0 Å². The minimum atomic E-state index is -0.106. The summed E-state index contributed by atoms with van der Waals surface area (Å²) in [6.45, 7) is 10.5. The molecule has 0 aromatic rings. The summed E-state index contributed by atoms with van der Waals surface area (Å²) in [6.07, 6.45) is 7.31. The van der Waals surface area contributed by atoms with Crippen LogP contribution in [0, 0.1) is 5.92 Å². The monoisotopic (exact) mass is 268 g/mol. The molecular formula is C16H32N2O. The van der Waals surface area contributed by atoms with Crippen LogP contribution in [-0.4, -0.2) is 23.5 Å². The van der Waals surface area contributed by atoms with Gasteiger partial charge in [-0.05, 0) is 46.0 Å². The molecule has 1 amide bonds. The van der Waals surface area contributed by atoms with E-state index in [2.05, 4.69) is 38.3 Å². The van der Waals surface area contributed by atoms with Crippen molar-refractivity contribution < 1.29 is 4.79 Å². The van der Waals surface area contributed by atoms with E-state index >= 15 is 0 Å². The fourth-order valence-corrected chi connectivity index (χ4v) is 2.77. The van der Waals surface area contributed by atoms with E-state index in [1.54, 1.807) is 0 Å². The first-order valence-corrected chi connectivity index (χ1v) is 7.96. The lowest BCUT2D eigenvalue weighted by molar-refractivity contribution is -0.124. The molecule has 1 rings (SSSR count). The predicted octanol–water partition coefficient (Wildman–Crippen LogP) is 3.24. The highest BCUT2D eigenvalue weighted by Gasteiger charge is 2.26. The Hall–Kier alpha value is -0.570. The van der Waals surface area contributed by atoms with Gasteiger partial charge in [0.05, 0.1) is 6.04 Å². The number of carbonyl (C=O) groups excluding carboxylic acids is 1. The second-order valence-corrected chi connectivity index (χ2v) is 6.75. The van der Waals surface area contributed by atoms with Gasteiger partial charge in [-0.25, -0.2) is 0 Å². The fraction of sp³-hybridized carbons (Fsp3) is 0.938. The van der Waals surface area contributed by atoms with Crippen LogP contribution in [0.5, 0.6) is 0 Å². The van der Waals surface area contributed by atoms with E-state index in [4.69, 9.17) is 0 Å². The summed E-state index contributed by atoms with van der Waals surface area (Å²) >= 11 is 0. The second kappa shape index (κ2) is 7.28. The summed E-state index contributed by atoms with van der Waals surface area (Å²) in [5.74, 6) is 0.971. The molecule has 0 aliphatic heterocycles. The van der Waals surface area contributed by atoms with E-state index in [0.717, 1.165) is 12.3 Å². The van der Waals surface area contributed by atoms with Crippen molar-refractivity contribution in [1.82, 2.24) is 10.6 Å². The van der Waals surface area contributed by atoms with Gasteiger partial charge < -0.3 is 10.6 Å². The van der Waals surface area contributed by atoms with Crippen LogP contribution in [0.2, 0.25) is 0 Å². The molecular weight excluding hydrogens is 236 g/mol. The third-order valence-corrected chi connectivity index (χ3v) is 4.58. The molecule has 1 aliphatic carbocycles. The molecule has 112 valence electrons. The molecule has 3 atom stereocenters. The molecule has 1 fully saturated rings. The van der Waals surface area contributed by atoms with Gasteiger partial charge in [-0.15, -0.1) is 0 Å². The van der Waals surface area contributed by atoms with Gasteiger partial charge in [-0.1, -0.05) is 33.1 Å². The predicted molar refractivity (Wildman–Crippen MR) is 81.1 cm³/mol. The maximum Gasteiger partial charge on any atom is 0.237 e. The van der Waals surface area contributed by atoms with E-state index in [-0.39, 0.29) is 17.5 Å². The maximum absolute atomic E-state index is 12.2. The van der Waals surface area contributed by atoms with Gasteiger partial charge in [0.25, 0.3) is 0 Å². The zero-order chi connectivity index (χ0) is 14.5. The number of amides is 1. The lowest BCUT2D eigenvalue weighted by Gasteiger charge is -2.32. The summed E-state index contributed by atoms with van der Waals surface area (Å²) in [7, 11) is 0. The van der Waals surface area contributed by atoms with Gasteiger partial charge in [0.1, 0.15) is 0 Å². The number of hydrogen-bond donors (Lipinski definition) is 2. The van der Waals surface area contributed by atoms with Crippen molar-refractivity contribution in [1.29, 1.82) is 0 Å². The third kappa shape index (κ3) is 5.52. The molecule has 1 saturated carbocycles. The molecule has 0 spiro atoms. The zero-order valence-electron chi connectivity index (χ0n) is 13.4. The Bertz CT molecular complexity index is 288. The van der Waals surface area contributed by atoms with Crippen molar-refractivity contribution in [3.8, 4) is 0 Å². The van der Waals surface area contributed by atoms with Crippen LogP contribution < -0.4 is 10.6 Å². The highest BCUT2D eigenvalue weighted by molar-refractivity contribution is 5.82. The van der Waals surface area contributed by atoms with E-state index in [1.165, 1.54) is 32.1 Å². The molecule has 0 bridgehead atoms. The van der Waals surface area contributed by atoms with Crippen LogP contribution in [0.1, 0.15) is 73.1 Å². The lowest BCUT2D eigenvalue weighted by Crippen LogP contribution is -2.53. The average Bonchev–Trinajstić information content (AvgIpc) is 2.38. The highest BCUT2D eigenvalue weighted by Crippen LogP contribution is 2.26. The Balaban J connectivity index is 2.41. The van der Waals surface area contributed by atoms with Crippen molar-refractivity contribution in [2.45, 2.75) is 90.8 Å². The molecule has 3 heteroatoms. The Morgan fingerprint density at radius 2 is 2.00 bits per heavy atom. The standard InChI is InChI=1S/C16H32N2O/c1-6-13-9-8-10-14(11-13)17-12(3)15(19)18-16(4,5)7-2/h12-14,17H,6-11H2,1-5H3,(H,18,19). The van der Waals surface area contributed by atoms with E-state index in [1.807, 2.05) is 6.92 Å². The summed E-state index contributed by atoms with van der Waals surface area (Å²) in [4.78, 5) is 12.2. The van der Waals surface area contributed by atoms with Crippen molar-refractivity contribution >= 4 is 5.91 Å². The maximum atomic E-state index is 12.2. The SMILES string of the molecule is CCC1CCCC(NC(C)C(=O)NC(C)(C)CC)C1. The molecule has 1 aliphatic rings. The molecule has 0 heterocycles. The first-order chi connectivity index (χ1) is 8.88. The Kier molecular flexibility index (Phi) is 6.31. The van der Waals surface area contributed by atoms with Crippen molar-refractivity contribution in [3.63, 3.8) is 0 Å². The molecule has 19 heavy (non-hydrogen) atoms. The summed E-state index contributed by atoms with van der Waals surface area (Å²) in [5, 5.41) is 6.64. The van der Waals surface area contributed by atoms with E-state index in [9.17, 15) is 4.79 Å². The highest BCUT2D eigenvalue weighted by atomic mass is 16.2. The summed E-state index contributed by atoms with van der Waals surface area (Å²) < 4.78 is 0. The summed E-state index contributed by atoms with van der Waals surface area (Å²) in [5.41, 5.74) is -0.106. The largest absolute Gasteiger partial charge is 0.350 e. The zero-order valence-corrected chi connectivity index (χ0v) is 13.4. The molecule has 0 aromatic heterocycles. The number of rotatable bonds is 6. The number of hydrogen-bond acceptors (Lipinski definition) is 2. The van der Waals surface area contributed by atoms with E-state index in [0.29, 0.717) is 6.04 Å². The molecule has 2 N–H and O–H groups in total. The number of nitrogens with one attached hydrogen (secondary N) is 2. The van der Waals surface area contributed by atoms with Gasteiger partial charge in [0, 0.05) is 11.6 Å². The average molecular weight is 268 g/mol. The van der Waals surface area contributed by atoms with Gasteiger partial charge in [0.2, 0.25) is 5.91 Å². The van der Waals surface area contributed by atoms with Gasteiger partial charge >= 0.3 is 0 Å². The molecule has 3 nitrogen and oxygen atoms in total. The Labute approximate surface area is 118 Å². The normalized spacial score (nSPS) is 25.9. The molecule has 3 unspecified atom stereocenters. The van der Waals surface area contributed by atoms with Gasteiger partial charge in [-0.3, -0.25) is 4.79 Å². The summed E-state index contributed by atoms with van der Waals surface area (Å²) in [6, 6.07) is 0.426. The van der Waals surface area contributed by atoms with E-state index < -0.39 is 0 Å². The second-order valence-electron chi connectivity index (χ2n) is 6.75. The lowest BCUT2D eigenvalue weighted by atomic mass is 9.84. The van der Waals surface area contributed by atoms with Gasteiger partial charge in [0.15, 0.2) is 0 Å². The van der Waals surface area contributed by atoms with Crippen molar-refractivity contribution in [2.24, 2.45) is 5.92 Å². The number of carbonyl (C=O) groups is 1. The Morgan fingerprint density at radius 3 is 2.58 bits per heavy atom. The first kappa shape index (κ1) is 16.5. The smallest absolute Gasteiger partial charge is 0.237 e. The van der Waals surface area contributed by atoms with Crippen LogP contribution in [0.4, 0.5) is 0 Å². The van der Waals surface area contributed by atoms with Crippen LogP contribution in [0.3, 0.4) is 0 Å². The van der Waals surface area contributed by atoms with Gasteiger partial charge in [-0.2, -0.15) is 0 Å². The minimum absolute atomic E-state index is 0.0913. The fourth-order valence-electron chi connectivity index (χ4n) is 2.77. The van der Waals surface area contributed by atoms with Crippen LogP contribution in [0.15, 0.2) is 0 Å². The Morgan fingerprint density at radius 1 is 1.32 bits per heavy atom. The molecule has 0 radical (unpaired) electrons. The third-order valence-electron chi connectivity index (χ3n) is 4.58. The minimum Gasteiger partial charge on any atom is -0.350 e.